The van der Waals surface area contributed by atoms with Crippen LogP contribution in [-0.4, -0.2) is 23.4 Å². The Morgan fingerprint density at radius 1 is 0.893 bits per heavy atom. The Bertz CT molecular complexity index is 882. The van der Waals surface area contributed by atoms with E-state index < -0.39 is 5.97 Å². The maximum absolute atomic E-state index is 12.5. The molecule has 0 unspecified atom stereocenters. The molecule has 0 amide bonds. The van der Waals surface area contributed by atoms with Crippen LogP contribution in [0.3, 0.4) is 0 Å². The van der Waals surface area contributed by atoms with E-state index in [0.717, 1.165) is 5.56 Å². The molecule has 0 aliphatic heterocycles. The van der Waals surface area contributed by atoms with Crippen molar-refractivity contribution in [2.45, 2.75) is 27.0 Å². The zero-order valence-corrected chi connectivity index (χ0v) is 16.4. The van der Waals surface area contributed by atoms with Crippen molar-refractivity contribution in [3.05, 3.63) is 89.7 Å². The van der Waals surface area contributed by atoms with Gasteiger partial charge in [-0.05, 0) is 42.0 Å². The van der Waals surface area contributed by atoms with Crippen LogP contribution in [0.1, 0.15) is 40.3 Å². The van der Waals surface area contributed by atoms with Gasteiger partial charge in [0.1, 0.15) is 18.1 Å². The van der Waals surface area contributed by atoms with Crippen LogP contribution in [0.2, 0.25) is 0 Å². The molecular weight excluding hydrogens is 354 g/mol. The SMILES string of the molecule is CC.COC(=O)c1cccn1CC(=O)c1ccc(OCc2ccccc2)cc1. The van der Waals surface area contributed by atoms with E-state index in [1.54, 1.807) is 47.2 Å². The van der Waals surface area contributed by atoms with Gasteiger partial charge in [-0.25, -0.2) is 4.79 Å². The molecule has 5 heteroatoms. The lowest BCUT2D eigenvalue weighted by Gasteiger charge is -2.09. The molecular formula is C23H25NO4. The molecule has 0 N–H and O–H groups in total. The van der Waals surface area contributed by atoms with Gasteiger partial charge in [0.2, 0.25) is 0 Å². The average molecular weight is 379 g/mol. The Hall–Kier alpha value is -3.34. The summed E-state index contributed by atoms with van der Waals surface area (Å²) in [7, 11) is 1.32. The van der Waals surface area contributed by atoms with Gasteiger partial charge in [0, 0.05) is 11.8 Å². The average Bonchev–Trinajstić information content (AvgIpc) is 3.22. The number of Topliss-reactive ketones (excluding diaryl/α,β-unsaturated/α-hetero) is 1. The van der Waals surface area contributed by atoms with Crippen LogP contribution in [-0.2, 0) is 17.9 Å². The van der Waals surface area contributed by atoms with Crippen LogP contribution in [0.15, 0.2) is 72.9 Å². The Morgan fingerprint density at radius 3 is 2.21 bits per heavy atom. The second-order valence-corrected chi connectivity index (χ2v) is 5.73. The Labute approximate surface area is 165 Å². The van der Waals surface area contributed by atoms with Gasteiger partial charge >= 0.3 is 5.97 Å². The monoisotopic (exact) mass is 379 g/mol. The normalized spacial score (nSPS) is 9.82. The minimum Gasteiger partial charge on any atom is -0.489 e. The number of ketones is 1. The van der Waals surface area contributed by atoms with Crippen molar-refractivity contribution >= 4 is 11.8 Å². The van der Waals surface area contributed by atoms with Crippen LogP contribution in [0.5, 0.6) is 5.75 Å². The third-order valence-electron chi connectivity index (χ3n) is 3.96. The quantitative estimate of drug-likeness (QED) is 0.439. The molecule has 3 aromatic rings. The summed E-state index contributed by atoms with van der Waals surface area (Å²) in [4.78, 5) is 24.1. The molecule has 0 aliphatic carbocycles. The molecule has 0 saturated heterocycles. The van der Waals surface area contributed by atoms with E-state index in [9.17, 15) is 9.59 Å². The molecule has 3 rings (SSSR count). The van der Waals surface area contributed by atoms with Crippen molar-refractivity contribution in [1.29, 1.82) is 0 Å². The van der Waals surface area contributed by atoms with Gasteiger partial charge in [-0.3, -0.25) is 4.79 Å². The maximum Gasteiger partial charge on any atom is 0.354 e. The second kappa shape index (κ2) is 10.7. The number of rotatable bonds is 7. The van der Waals surface area contributed by atoms with E-state index in [0.29, 0.717) is 23.6 Å². The lowest BCUT2D eigenvalue weighted by Crippen LogP contribution is -2.15. The molecule has 0 atom stereocenters. The van der Waals surface area contributed by atoms with Gasteiger partial charge in [-0.2, -0.15) is 0 Å². The highest BCUT2D eigenvalue weighted by molar-refractivity contribution is 5.97. The van der Waals surface area contributed by atoms with Crippen LogP contribution >= 0.6 is 0 Å². The first-order valence-electron chi connectivity index (χ1n) is 9.21. The Kier molecular flexibility index (Phi) is 8.03. The third-order valence-corrected chi connectivity index (χ3v) is 3.96. The molecule has 28 heavy (non-hydrogen) atoms. The number of carbonyl (C=O) groups excluding carboxylic acids is 2. The van der Waals surface area contributed by atoms with Crippen molar-refractivity contribution in [2.24, 2.45) is 0 Å². The Morgan fingerprint density at radius 2 is 1.57 bits per heavy atom. The zero-order valence-electron chi connectivity index (χ0n) is 16.4. The molecule has 5 nitrogen and oxygen atoms in total. The molecule has 1 aromatic heterocycles. The highest BCUT2D eigenvalue weighted by Gasteiger charge is 2.14. The van der Waals surface area contributed by atoms with E-state index in [-0.39, 0.29) is 12.3 Å². The van der Waals surface area contributed by atoms with Crippen molar-refractivity contribution in [3.8, 4) is 5.75 Å². The van der Waals surface area contributed by atoms with Gasteiger partial charge in [0.15, 0.2) is 5.78 Å². The van der Waals surface area contributed by atoms with Crippen molar-refractivity contribution in [3.63, 3.8) is 0 Å². The zero-order chi connectivity index (χ0) is 20.4. The number of ether oxygens (including phenoxy) is 2. The number of methoxy groups -OCH3 is 1. The Balaban J connectivity index is 0.00000136. The van der Waals surface area contributed by atoms with Crippen LogP contribution < -0.4 is 4.74 Å². The standard InChI is InChI=1S/C21H19NO4.C2H6/c1-25-21(24)19-8-5-13-22(19)14-20(23)17-9-11-18(12-10-17)26-15-16-6-3-2-4-7-16;1-2/h2-13H,14-15H2,1H3;1-2H3. The fourth-order valence-corrected chi connectivity index (χ4v) is 2.57. The number of aromatic nitrogens is 1. The maximum atomic E-state index is 12.5. The van der Waals surface area contributed by atoms with E-state index in [1.807, 2.05) is 44.2 Å². The molecule has 0 saturated carbocycles. The molecule has 0 radical (unpaired) electrons. The van der Waals surface area contributed by atoms with Crippen molar-refractivity contribution in [1.82, 2.24) is 4.57 Å². The van der Waals surface area contributed by atoms with E-state index in [4.69, 9.17) is 9.47 Å². The molecule has 2 aromatic carbocycles. The topological polar surface area (TPSA) is 57.5 Å². The summed E-state index contributed by atoms with van der Waals surface area (Å²) in [5.74, 6) is 0.134. The first-order chi connectivity index (χ1) is 13.7. The van der Waals surface area contributed by atoms with E-state index in [2.05, 4.69) is 0 Å². The summed E-state index contributed by atoms with van der Waals surface area (Å²) in [6.45, 7) is 4.54. The largest absolute Gasteiger partial charge is 0.489 e. The van der Waals surface area contributed by atoms with Gasteiger partial charge in [-0.15, -0.1) is 0 Å². The first-order valence-corrected chi connectivity index (χ1v) is 9.21. The summed E-state index contributed by atoms with van der Waals surface area (Å²) >= 11 is 0. The number of carbonyl (C=O) groups is 2. The predicted molar refractivity (Wildman–Crippen MR) is 109 cm³/mol. The summed E-state index contributed by atoms with van der Waals surface area (Å²) < 4.78 is 12.0. The fourth-order valence-electron chi connectivity index (χ4n) is 2.57. The van der Waals surface area contributed by atoms with E-state index >= 15 is 0 Å². The summed E-state index contributed by atoms with van der Waals surface area (Å²) in [6.07, 6.45) is 1.68. The number of hydrogen-bond acceptors (Lipinski definition) is 4. The highest BCUT2D eigenvalue weighted by atomic mass is 16.5. The highest BCUT2D eigenvalue weighted by Crippen LogP contribution is 2.15. The van der Waals surface area contributed by atoms with Gasteiger partial charge in [0.25, 0.3) is 0 Å². The number of benzene rings is 2. The fraction of sp³-hybridized carbons (Fsp3) is 0.217. The molecule has 0 spiro atoms. The van der Waals surface area contributed by atoms with Crippen molar-refractivity contribution < 1.29 is 19.1 Å². The predicted octanol–water partition coefficient (Wildman–Crippen LogP) is 4.76. The van der Waals surface area contributed by atoms with Gasteiger partial charge in [0.05, 0.1) is 13.7 Å². The van der Waals surface area contributed by atoms with Crippen LogP contribution in [0.4, 0.5) is 0 Å². The third kappa shape index (κ3) is 5.58. The number of esters is 1. The van der Waals surface area contributed by atoms with Gasteiger partial charge in [-0.1, -0.05) is 44.2 Å². The minimum absolute atomic E-state index is 0.0711. The van der Waals surface area contributed by atoms with Gasteiger partial charge < -0.3 is 14.0 Å². The summed E-state index contributed by atoms with van der Waals surface area (Å²) in [5, 5.41) is 0. The molecule has 1 heterocycles. The first kappa shape index (κ1) is 21.0. The number of hydrogen-bond donors (Lipinski definition) is 0. The lowest BCUT2D eigenvalue weighted by atomic mass is 10.1. The number of nitrogens with zero attached hydrogens (tertiary/aromatic N) is 1. The molecule has 146 valence electrons. The van der Waals surface area contributed by atoms with E-state index in [1.165, 1.54) is 7.11 Å². The molecule has 0 bridgehead atoms. The second-order valence-electron chi connectivity index (χ2n) is 5.73. The summed E-state index contributed by atoms with van der Waals surface area (Å²) in [6, 6.07) is 20.2. The summed E-state index contributed by atoms with van der Waals surface area (Å²) in [5.41, 5.74) is 1.99. The molecule has 0 aliphatic rings. The minimum atomic E-state index is -0.465. The van der Waals surface area contributed by atoms with Crippen LogP contribution in [0, 0.1) is 0 Å². The van der Waals surface area contributed by atoms with Crippen LogP contribution in [0.25, 0.3) is 0 Å². The molecule has 0 fully saturated rings. The smallest absolute Gasteiger partial charge is 0.354 e. The lowest BCUT2D eigenvalue weighted by molar-refractivity contribution is 0.0588. The van der Waals surface area contributed by atoms with Crippen molar-refractivity contribution in [2.75, 3.05) is 7.11 Å².